The molecule has 0 amide bonds. The Morgan fingerprint density at radius 1 is 0.197 bits per heavy atom. The van der Waals surface area contributed by atoms with Crippen LogP contribution in [0.15, 0.2) is 249 Å². The summed E-state index contributed by atoms with van der Waals surface area (Å²) in [6.07, 6.45) is 0. The molecule has 11 rings (SSSR count). The third-order valence-electron chi connectivity index (χ3n) is 12.1. The zero-order valence-electron chi connectivity index (χ0n) is 33.6. The highest BCUT2D eigenvalue weighted by Crippen LogP contribution is 2.43. The molecule has 0 heterocycles. The average molecular weight is 776 g/mol. The lowest BCUT2D eigenvalue weighted by Gasteiger charge is -2.27. The van der Waals surface area contributed by atoms with E-state index >= 15 is 0 Å². The molecular formula is C60H41N. The molecule has 0 aliphatic heterocycles. The van der Waals surface area contributed by atoms with Gasteiger partial charge in [-0.15, -0.1) is 0 Å². The molecule has 0 saturated carbocycles. The lowest BCUT2D eigenvalue weighted by molar-refractivity contribution is 1.28. The molecule has 0 saturated heterocycles. The molecule has 0 N–H and O–H groups in total. The van der Waals surface area contributed by atoms with Gasteiger partial charge < -0.3 is 4.90 Å². The van der Waals surface area contributed by atoms with Gasteiger partial charge in [-0.1, -0.05) is 212 Å². The van der Waals surface area contributed by atoms with E-state index in [1.165, 1.54) is 82.4 Å². The minimum atomic E-state index is 1.09. The fraction of sp³-hybridized carbons (Fsp3) is 0. The van der Waals surface area contributed by atoms with Crippen LogP contribution in [0.4, 0.5) is 17.1 Å². The van der Waals surface area contributed by atoms with E-state index in [9.17, 15) is 0 Å². The fourth-order valence-corrected chi connectivity index (χ4v) is 9.05. The molecule has 0 atom stereocenters. The molecule has 1 nitrogen and oxygen atoms in total. The quantitative estimate of drug-likeness (QED) is 0.139. The first-order valence-corrected chi connectivity index (χ1v) is 21.0. The van der Waals surface area contributed by atoms with Crippen LogP contribution in [0, 0.1) is 0 Å². The van der Waals surface area contributed by atoms with Crippen molar-refractivity contribution in [3.63, 3.8) is 0 Å². The lowest BCUT2D eigenvalue weighted by Crippen LogP contribution is -2.10. The second-order valence-corrected chi connectivity index (χ2v) is 15.7. The zero-order chi connectivity index (χ0) is 40.5. The Hall–Kier alpha value is -8.00. The summed E-state index contributed by atoms with van der Waals surface area (Å²) in [5, 5.41) is 7.69. The first-order chi connectivity index (χ1) is 30.2. The first kappa shape index (κ1) is 36.1. The van der Waals surface area contributed by atoms with E-state index < -0.39 is 0 Å². The molecule has 286 valence electrons. The third-order valence-corrected chi connectivity index (χ3v) is 12.1. The predicted octanol–water partition coefficient (Wildman–Crippen LogP) is 17.0. The van der Waals surface area contributed by atoms with E-state index in [-0.39, 0.29) is 0 Å². The van der Waals surface area contributed by atoms with Gasteiger partial charge in [0, 0.05) is 17.1 Å². The van der Waals surface area contributed by atoms with Crippen molar-refractivity contribution in [3.8, 4) is 55.6 Å². The van der Waals surface area contributed by atoms with Crippen molar-refractivity contribution < 1.29 is 0 Å². The highest BCUT2D eigenvalue weighted by molar-refractivity contribution is 6.19. The van der Waals surface area contributed by atoms with Crippen LogP contribution < -0.4 is 4.90 Å². The van der Waals surface area contributed by atoms with Crippen LogP contribution in [-0.2, 0) is 0 Å². The Labute approximate surface area is 357 Å². The molecule has 0 aliphatic rings. The summed E-state index contributed by atoms with van der Waals surface area (Å²) in [6.45, 7) is 0. The van der Waals surface area contributed by atoms with Gasteiger partial charge in [0.05, 0.1) is 0 Å². The maximum absolute atomic E-state index is 2.39. The smallest absolute Gasteiger partial charge is 0.0468 e. The monoisotopic (exact) mass is 775 g/mol. The number of fused-ring (bicyclic) bond motifs is 5. The number of benzene rings is 11. The number of hydrogen-bond donors (Lipinski definition) is 0. The van der Waals surface area contributed by atoms with Gasteiger partial charge in [0.15, 0.2) is 0 Å². The van der Waals surface area contributed by atoms with Crippen LogP contribution in [-0.4, -0.2) is 0 Å². The Bertz CT molecular complexity index is 3320. The van der Waals surface area contributed by atoms with E-state index in [0.717, 1.165) is 22.6 Å². The van der Waals surface area contributed by atoms with Gasteiger partial charge in [-0.2, -0.15) is 0 Å². The van der Waals surface area contributed by atoms with Gasteiger partial charge in [0.2, 0.25) is 0 Å². The maximum Gasteiger partial charge on any atom is 0.0468 e. The van der Waals surface area contributed by atoms with E-state index in [1.54, 1.807) is 0 Å². The Morgan fingerprint density at radius 2 is 0.656 bits per heavy atom. The largest absolute Gasteiger partial charge is 0.310 e. The molecule has 0 bridgehead atoms. The molecule has 11 aromatic rings. The van der Waals surface area contributed by atoms with E-state index in [0.29, 0.717) is 0 Å². The molecule has 61 heavy (non-hydrogen) atoms. The average Bonchev–Trinajstić information content (AvgIpc) is 3.35. The van der Waals surface area contributed by atoms with Gasteiger partial charge >= 0.3 is 0 Å². The van der Waals surface area contributed by atoms with Crippen molar-refractivity contribution in [3.05, 3.63) is 249 Å². The Morgan fingerprint density at radius 3 is 1.41 bits per heavy atom. The molecule has 0 unspecified atom stereocenters. The van der Waals surface area contributed by atoms with Crippen LogP contribution in [0.5, 0.6) is 0 Å². The van der Waals surface area contributed by atoms with E-state index in [2.05, 4.69) is 254 Å². The fourth-order valence-electron chi connectivity index (χ4n) is 9.05. The second kappa shape index (κ2) is 15.6. The number of anilines is 3. The predicted molar refractivity (Wildman–Crippen MR) is 261 cm³/mol. The summed E-state index contributed by atoms with van der Waals surface area (Å²) in [5.41, 5.74) is 15.2. The molecule has 1 heteroatoms. The Balaban J connectivity index is 0.994. The van der Waals surface area contributed by atoms with Crippen LogP contribution in [0.1, 0.15) is 0 Å². The topological polar surface area (TPSA) is 3.24 Å². The molecule has 0 fully saturated rings. The summed E-state index contributed by atoms with van der Waals surface area (Å²) in [6, 6.07) is 90.4. The summed E-state index contributed by atoms with van der Waals surface area (Å²) in [5.74, 6) is 0. The SMILES string of the molecule is c1ccc(-c2ccc(N(c3cccc(-c4ccc(-c5cccc6c5ccc5c7ccccc7ccc65)cc4)c3)c3ccc(-c4ccccc4)c(-c4ccccc4)c3)cc2)cc1. The molecule has 0 aromatic heterocycles. The van der Waals surface area contributed by atoms with Crippen molar-refractivity contribution >= 4 is 49.4 Å². The van der Waals surface area contributed by atoms with Crippen LogP contribution in [0.3, 0.4) is 0 Å². The maximum atomic E-state index is 2.39. The summed E-state index contributed by atoms with van der Waals surface area (Å²) < 4.78 is 0. The van der Waals surface area contributed by atoms with E-state index in [1.807, 2.05) is 0 Å². The Kier molecular flexibility index (Phi) is 9.26. The molecule has 0 radical (unpaired) electrons. The van der Waals surface area contributed by atoms with Crippen molar-refractivity contribution in [1.82, 2.24) is 0 Å². The van der Waals surface area contributed by atoms with Crippen molar-refractivity contribution in [2.24, 2.45) is 0 Å². The minimum Gasteiger partial charge on any atom is -0.310 e. The van der Waals surface area contributed by atoms with Crippen LogP contribution in [0.2, 0.25) is 0 Å². The number of rotatable bonds is 8. The van der Waals surface area contributed by atoms with Crippen molar-refractivity contribution in [2.75, 3.05) is 4.90 Å². The highest BCUT2D eigenvalue weighted by atomic mass is 15.1. The number of nitrogens with zero attached hydrogens (tertiary/aromatic N) is 1. The zero-order valence-corrected chi connectivity index (χ0v) is 33.6. The number of hydrogen-bond acceptors (Lipinski definition) is 1. The van der Waals surface area contributed by atoms with Gasteiger partial charge in [-0.3, -0.25) is 0 Å². The minimum absolute atomic E-state index is 1.09. The molecule has 0 spiro atoms. The van der Waals surface area contributed by atoms with Gasteiger partial charge in [0.1, 0.15) is 0 Å². The van der Waals surface area contributed by atoms with Crippen molar-refractivity contribution in [1.29, 1.82) is 0 Å². The van der Waals surface area contributed by atoms with E-state index in [4.69, 9.17) is 0 Å². The van der Waals surface area contributed by atoms with Crippen LogP contribution >= 0.6 is 0 Å². The molecular weight excluding hydrogens is 735 g/mol. The third kappa shape index (κ3) is 6.83. The first-order valence-electron chi connectivity index (χ1n) is 21.0. The highest BCUT2D eigenvalue weighted by Gasteiger charge is 2.18. The summed E-state index contributed by atoms with van der Waals surface area (Å²) in [7, 11) is 0. The standard InChI is InChI=1S/C60H41N/c1-4-14-42(15-5-1)43-30-33-50(34-31-43)61(52-35-37-55(45-16-6-2-7-17-45)60(41-52)46-18-8-3-9-19-46)51-22-12-21-49(40-51)44-26-28-48(29-27-44)54-24-13-25-56-57(54)38-39-58-53-23-11-10-20-47(53)32-36-59(56)58/h1-41H. The summed E-state index contributed by atoms with van der Waals surface area (Å²) in [4.78, 5) is 2.39. The summed E-state index contributed by atoms with van der Waals surface area (Å²) >= 11 is 0. The normalized spacial score (nSPS) is 11.3. The van der Waals surface area contributed by atoms with Gasteiger partial charge in [0.25, 0.3) is 0 Å². The molecule has 11 aromatic carbocycles. The van der Waals surface area contributed by atoms with Gasteiger partial charge in [-0.25, -0.2) is 0 Å². The van der Waals surface area contributed by atoms with Crippen LogP contribution in [0.25, 0.3) is 88.0 Å². The lowest BCUT2D eigenvalue weighted by atomic mass is 9.92. The van der Waals surface area contributed by atoms with Crippen molar-refractivity contribution in [2.45, 2.75) is 0 Å². The second-order valence-electron chi connectivity index (χ2n) is 15.7. The van der Waals surface area contributed by atoms with Gasteiger partial charge in [-0.05, 0) is 124 Å². The molecule has 0 aliphatic carbocycles.